The first-order valence-corrected chi connectivity index (χ1v) is 16.3. The summed E-state index contributed by atoms with van der Waals surface area (Å²) in [6.45, 7) is 3.74. The van der Waals surface area contributed by atoms with Gasteiger partial charge in [0.1, 0.15) is 11.2 Å². The number of fused-ring (bicyclic) bond motifs is 9. The molecule has 9 rings (SSSR count). The standard InChI is InChI=1S/C45H29N3O/c1-47-45(48-44(46)29-10-3-2-4-11-29)30-20-18-28(19-21-30)33-15-9-16-37-34-12-5-6-13-35(34)39-26-31(22-24-38(39)43(33)37)32-23-25-42-40(27-32)36-14-7-8-17-41(36)49-42/h2-27,46H,1H2. The Labute approximate surface area is 282 Å². The van der Waals surface area contributed by atoms with E-state index in [-0.39, 0.29) is 5.84 Å². The molecule has 0 atom stereocenters. The molecule has 8 aromatic carbocycles. The molecule has 0 aliphatic heterocycles. The molecule has 1 aromatic heterocycles. The Morgan fingerprint density at radius 2 is 1.06 bits per heavy atom. The largest absolute Gasteiger partial charge is 0.456 e. The normalized spacial score (nSPS) is 12.0. The highest BCUT2D eigenvalue weighted by Crippen LogP contribution is 2.42. The van der Waals surface area contributed by atoms with Crippen molar-refractivity contribution in [3.8, 4) is 22.3 Å². The zero-order valence-corrected chi connectivity index (χ0v) is 26.5. The van der Waals surface area contributed by atoms with E-state index in [1.807, 2.05) is 54.6 Å². The van der Waals surface area contributed by atoms with Crippen LogP contribution in [0.25, 0.3) is 76.5 Å². The molecule has 0 unspecified atom stereocenters. The van der Waals surface area contributed by atoms with E-state index in [0.717, 1.165) is 55.3 Å². The van der Waals surface area contributed by atoms with Crippen molar-refractivity contribution in [1.82, 2.24) is 0 Å². The monoisotopic (exact) mass is 627 g/mol. The highest BCUT2D eigenvalue weighted by atomic mass is 16.3. The number of hydrogen-bond acceptors (Lipinski definition) is 2. The molecule has 0 aliphatic carbocycles. The molecule has 4 nitrogen and oxygen atoms in total. The number of benzene rings is 8. The van der Waals surface area contributed by atoms with Gasteiger partial charge in [-0.1, -0.05) is 133 Å². The first kappa shape index (κ1) is 28.6. The van der Waals surface area contributed by atoms with Gasteiger partial charge in [-0.2, -0.15) is 0 Å². The minimum atomic E-state index is 0.150. The van der Waals surface area contributed by atoms with Crippen LogP contribution in [0.2, 0.25) is 0 Å². The summed E-state index contributed by atoms with van der Waals surface area (Å²) < 4.78 is 6.11. The van der Waals surface area contributed by atoms with E-state index in [4.69, 9.17) is 9.83 Å². The van der Waals surface area contributed by atoms with Crippen LogP contribution in [-0.2, 0) is 0 Å². The third-order valence-electron chi connectivity index (χ3n) is 9.44. The molecule has 0 aliphatic rings. The SMILES string of the molecule is C=NC(=NC(=N)c1ccccc1)c1ccc(-c2cccc3c4ccccc4c4cc(-c5ccc6oc7ccccc7c6c5)ccc4c23)cc1. The molecule has 0 fully saturated rings. The Morgan fingerprint density at radius 1 is 0.469 bits per heavy atom. The second-order valence-electron chi connectivity index (χ2n) is 12.2. The van der Waals surface area contributed by atoms with Gasteiger partial charge in [-0.3, -0.25) is 5.41 Å². The van der Waals surface area contributed by atoms with Gasteiger partial charge in [0.05, 0.1) is 0 Å². The lowest BCUT2D eigenvalue weighted by molar-refractivity contribution is 0.669. The fourth-order valence-electron chi connectivity index (χ4n) is 7.09. The summed E-state index contributed by atoms with van der Waals surface area (Å²) in [5, 5.41) is 18.0. The van der Waals surface area contributed by atoms with E-state index in [0.29, 0.717) is 5.84 Å². The molecular formula is C45H29N3O. The number of para-hydroxylation sites is 1. The summed E-state index contributed by atoms with van der Waals surface area (Å²) in [5.41, 5.74) is 7.90. The van der Waals surface area contributed by atoms with Crippen LogP contribution in [0, 0.1) is 5.41 Å². The summed E-state index contributed by atoms with van der Waals surface area (Å²) in [5.74, 6) is 0.570. The summed E-state index contributed by atoms with van der Waals surface area (Å²) in [6.07, 6.45) is 0. The highest BCUT2D eigenvalue weighted by Gasteiger charge is 2.15. The molecule has 0 spiro atoms. The fourth-order valence-corrected chi connectivity index (χ4v) is 7.09. The number of aliphatic imine (C=N–C) groups is 2. The van der Waals surface area contributed by atoms with Gasteiger partial charge < -0.3 is 4.42 Å². The molecule has 0 saturated heterocycles. The Bertz CT molecular complexity index is 2790. The van der Waals surface area contributed by atoms with E-state index >= 15 is 0 Å². The molecule has 0 radical (unpaired) electrons. The highest BCUT2D eigenvalue weighted by molar-refractivity contribution is 6.29. The maximum absolute atomic E-state index is 8.47. The zero-order chi connectivity index (χ0) is 32.9. The molecule has 0 saturated carbocycles. The zero-order valence-electron chi connectivity index (χ0n) is 26.5. The van der Waals surface area contributed by atoms with E-state index < -0.39 is 0 Å². The van der Waals surface area contributed by atoms with Crippen molar-refractivity contribution in [2.45, 2.75) is 0 Å². The maximum Gasteiger partial charge on any atom is 0.161 e. The molecule has 0 bridgehead atoms. The van der Waals surface area contributed by atoms with Crippen molar-refractivity contribution in [1.29, 1.82) is 5.41 Å². The second kappa shape index (κ2) is 11.5. The summed E-state index contributed by atoms with van der Waals surface area (Å²) >= 11 is 0. The smallest absolute Gasteiger partial charge is 0.161 e. The number of nitrogens with zero attached hydrogens (tertiary/aromatic N) is 2. The molecule has 0 amide bonds. The molecule has 1 heterocycles. The van der Waals surface area contributed by atoms with Crippen LogP contribution in [0.5, 0.6) is 0 Å². The molecular weight excluding hydrogens is 599 g/mol. The van der Waals surface area contributed by atoms with E-state index in [1.54, 1.807) is 0 Å². The summed E-state index contributed by atoms with van der Waals surface area (Å²) in [7, 11) is 0. The van der Waals surface area contributed by atoms with Crippen LogP contribution in [0.15, 0.2) is 172 Å². The Balaban J connectivity index is 1.19. The van der Waals surface area contributed by atoms with Crippen LogP contribution < -0.4 is 0 Å². The Kier molecular flexibility index (Phi) is 6.73. The van der Waals surface area contributed by atoms with Gasteiger partial charge in [0, 0.05) is 21.9 Å². The van der Waals surface area contributed by atoms with Gasteiger partial charge in [-0.15, -0.1) is 0 Å². The first-order chi connectivity index (χ1) is 24.2. The van der Waals surface area contributed by atoms with Crippen molar-refractivity contribution >= 4 is 72.6 Å². The number of hydrogen-bond donors (Lipinski definition) is 1. The van der Waals surface area contributed by atoms with Crippen LogP contribution in [0.1, 0.15) is 11.1 Å². The van der Waals surface area contributed by atoms with Crippen molar-refractivity contribution in [2.75, 3.05) is 0 Å². The lowest BCUT2D eigenvalue weighted by Crippen LogP contribution is -2.03. The molecule has 230 valence electrons. The van der Waals surface area contributed by atoms with Crippen LogP contribution in [-0.4, -0.2) is 18.4 Å². The minimum Gasteiger partial charge on any atom is -0.456 e. The predicted octanol–water partition coefficient (Wildman–Crippen LogP) is 11.9. The molecule has 1 N–H and O–H groups in total. The average molecular weight is 628 g/mol. The van der Waals surface area contributed by atoms with Crippen molar-refractivity contribution in [2.24, 2.45) is 9.98 Å². The first-order valence-electron chi connectivity index (χ1n) is 16.3. The van der Waals surface area contributed by atoms with Gasteiger partial charge in [-0.25, -0.2) is 9.98 Å². The van der Waals surface area contributed by atoms with Crippen molar-refractivity contribution < 1.29 is 4.42 Å². The third kappa shape index (κ3) is 4.81. The van der Waals surface area contributed by atoms with Crippen LogP contribution in [0.4, 0.5) is 0 Å². The van der Waals surface area contributed by atoms with Gasteiger partial charge in [0.15, 0.2) is 11.7 Å². The predicted molar refractivity (Wildman–Crippen MR) is 206 cm³/mol. The Hall–Kier alpha value is -6.65. The Morgan fingerprint density at radius 3 is 1.84 bits per heavy atom. The number of nitrogens with one attached hydrogen (secondary N) is 1. The fraction of sp³-hybridized carbons (Fsp3) is 0. The van der Waals surface area contributed by atoms with Crippen LogP contribution >= 0.6 is 0 Å². The van der Waals surface area contributed by atoms with Gasteiger partial charge in [0.2, 0.25) is 0 Å². The molecule has 4 heteroatoms. The van der Waals surface area contributed by atoms with Crippen molar-refractivity contribution in [3.05, 3.63) is 169 Å². The van der Waals surface area contributed by atoms with Gasteiger partial charge >= 0.3 is 0 Å². The quantitative estimate of drug-likeness (QED) is 0.118. The maximum atomic E-state index is 8.47. The number of furan rings is 1. The van der Waals surface area contributed by atoms with Gasteiger partial charge in [-0.05, 0) is 85.6 Å². The average Bonchev–Trinajstić information content (AvgIpc) is 3.55. The van der Waals surface area contributed by atoms with Crippen LogP contribution in [0.3, 0.4) is 0 Å². The third-order valence-corrected chi connectivity index (χ3v) is 9.44. The molecule has 9 aromatic rings. The number of rotatable bonds is 4. The topological polar surface area (TPSA) is 61.7 Å². The second-order valence-corrected chi connectivity index (χ2v) is 12.2. The van der Waals surface area contributed by atoms with E-state index in [1.165, 1.54) is 32.3 Å². The van der Waals surface area contributed by atoms with Crippen molar-refractivity contribution in [3.63, 3.8) is 0 Å². The van der Waals surface area contributed by atoms with Gasteiger partial charge in [0.25, 0.3) is 0 Å². The number of amidine groups is 2. The van der Waals surface area contributed by atoms with E-state index in [9.17, 15) is 0 Å². The lowest BCUT2D eigenvalue weighted by Gasteiger charge is -2.16. The molecule has 49 heavy (non-hydrogen) atoms. The summed E-state index contributed by atoms with van der Waals surface area (Å²) in [4.78, 5) is 8.66. The summed E-state index contributed by atoms with van der Waals surface area (Å²) in [6, 6.07) is 54.5. The minimum absolute atomic E-state index is 0.150. The lowest BCUT2D eigenvalue weighted by atomic mass is 9.88. The van der Waals surface area contributed by atoms with E-state index in [2.05, 4.69) is 120 Å².